The van der Waals surface area contributed by atoms with Crippen molar-refractivity contribution in [2.45, 2.75) is 64.3 Å². The van der Waals surface area contributed by atoms with Crippen LogP contribution < -0.4 is 20.7 Å². The molecule has 1 aliphatic carbocycles. The highest BCUT2D eigenvalue weighted by molar-refractivity contribution is 8.17. The molecule has 1 saturated carbocycles. The Balaban J connectivity index is 1.59. The van der Waals surface area contributed by atoms with Gasteiger partial charge in [0.05, 0.1) is 16.3 Å². The first-order valence-electron chi connectivity index (χ1n) is 16.6. The lowest BCUT2D eigenvalue weighted by molar-refractivity contribution is -0.100. The van der Waals surface area contributed by atoms with E-state index in [2.05, 4.69) is 175 Å². The van der Waals surface area contributed by atoms with Crippen molar-refractivity contribution in [3.8, 4) is 0 Å². The predicted octanol–water partition coefficient (Wildman–Crippen LogP) is 6.98. The van der Waals surface area contributed by atoms with Crippen molar-refractivity contribution in [1.82, 2.24) is 0 Å². The Labute approximate surface area is 290 Å². The highest BCUT2D eigenvalue weighted by Crippen LogP contribution is 2.64. The Bertz CT molecular complexity index is 1410. The molecule has 0 heterocycles. The average Bonchev–Trinajstić information content (AvgIpc) is 3.05. The lowest BCUT2D eigenvalue weighted by Gasteiger charge is -2.62. The summed E-state index contributed by atoms with van der Waals surface area (Å²) in [7, 11) is -3.98. The number of benzene rings is 4. The van der Waals surface area contributed by atoms with Gasteiger partial charge in [0, 0.05) is 5.92 Å². The molecule has 2 unspecified atom stereocenters. The highest BCUT2D eigenvalue weighted by atomic mass is 32.2. The van der Waals surface area contributed by atoms with Gasteiger partial charge in [-0.25, -0.2) is 0 Å². The van der Waals surface area contributed by atoms with Crippen molar-refractivity contribution in [1.29, 1.82) is 0 Å². The first kappa shape index (κ1) is 35.2. The fraction of sp³-hybridized carbons (Fsp3) is 0.400. The molecule has 0 N–H and O–H groups in total. The van der Waals surface area contributed by atoms with Gasteiger partial charge in [-0.05, 0) is 56.4 Å². The van der Waals surface area contributed by atoms with Crippen LogP contribution in [0.4, 0.5) is 0 Å². The summed E-state index contributed by atoms with van der Waals surface area (Å²) in [5.74, 6) is 0.693. The Hall–Kier alpha value is -2.07. The maximum absolute atomic E-state index is 7.69. The standard InChI is InChI=1S/C40H52O2S2Si2/c1-38(2,3)36(41-45(30-21-13-9-14-22-30)31-23-15-10-16-24-31)34-29-40(43-7,44-8)35(34)37(39(4,5)6)42-46(32-25-17-11-18-26-32)33-27-19-12-20-28-33/h9-28,34-37,45-46H,29H2,1-8H3/t34-,35-,36?,37?/m1/s1. The molecular formula is C40H52O2S2Si2. The molecule has 0 bridgehead atoms. The van der Waals surface area contributed by atoms with Crippen LogP contribution in [-0.4, -0.2) is 46.9 Å². The second kappa shape index (κ2) is 15.0. The molecule has 1 aliphatic rings. The summed E-state index contributed by atoms with van der Waals surface area (Å²) in [5, 5.41) is 5.34. The van der Waals surface area contributed by atoms with Gasteiger partial charge in [-0.2, -0.15) is 0 Å². The summed E-state index contributed by atoms with van der Waals surface area (Å²) in [4.78, 5) is 0. The minimum atomic E-state index is -2.00. The lowest BCUT2D eigenvalue weighted by Crippen LogP contribution is -2.66. The van der Waals surface area contributed by atoms with Crippen LogP contribution in [0.2, 0.25) is 0 Å². The van der Waals surface area contributed by atoms with E-state index in [-0.39, 0.29) is 27.1 Å². The minimum Gasteiger partial charge on any atom is -0.407 e. The third-order valence-corrected chi connectivity index (χ3v) is 17.9. The van der Waals surface area contributed by atoms with Gasteiger partial charge in [-0.15, -0.1) is 23.5 Å². The quantitative estimate of drug-likeness (QED) is 0.118. The Morgan fingerprint density at radius 1 is 0.543 bits per heavy atom. The topological polar surface area (TPSA) is 18.5 Å². The molecule has 0 saturated heterocycles. The summed E-state index contributed by atoms with van der Waals surface area (Å²) < 4.78 is 15.4. The van der Waals surface area contributed by atoms with Crippen LogP contribution in [0.5, 0.6) is 0 Å². The van der Waals surface area contributed by atoms with Crippen molar-refractivity contribution < 1.29 is 8.85 Å². The molecule has 2 nitrogen and oxygen atoms in total. The number of thioether (sulfide) groups is 2. The molecule has 6 heteroatoms. The fourth-order valence-electron chi connectivity index (χ4n) is 7.31. The van der Waals surface area contributed by atoms with E-state index in [1.54, 1.807) is 0 Å². The molecule has 4 aromatic rings. The third kappa shape index (κ3) is 7.80. The average molecular weight is 685 g/mol. The fourth-order valence-corrected chi connectivity index (χ4v) is 15.3. The van der Waals surface area contributed by atoms with Crippen molar-refractivity contribution in [3.05, 3.63) is 121 Å². The monoisotopic (exact) mass is 684 g/mol. The number of hydrogen-bond acceptors (Lipinski definition) is 4. The summed E-state index contributed by atoms with van der Waals surface area (Å²) >= 11 is 4.06. The first-order chi connectivity index (χ1) is 22.0. The van der Waals surface area contributed by atoms with E-state index >= 15 is 0 Å². The van der Waals surface area contributed by atoms with E-state index in [1.807, 2.05) is 23.5 Å². The van der Waals surface area contributed by atoms with Crippen molar-refractivity contribution >= 4 is 62.4 Å². The van der Waals surface area contributed by atoms with Gasteiger partial charge in [0.2, 0.25) is 18.1 Å². The zero-order chi connectivity index (χ0) is 33.0. The van der Waals surface area contributed by atoms with Gasteiger partial charge in [0.15, 0.2) is 0 Å². The first-order valence-corrected chi connectivity index (χ1v) is 22.3. The molecule has 0 amide bonds. The number of rotatable bonds is 12. The maximum Gasteiger partial charge on any atom is 0.240 e. The molecular weight excluding hydrogens is 633 g/mol. The minimum absolute atomic E-state index is 0.0428. The van der Waals surface area contributed by atoms with Crippen LogP contribution in [0.1, 0.15) is 48.0 Å². The smallest absolute Gasteiger partial charge is 0.240 e. The molecule has 4 aromatic carbocycles. The second-order valence-corrected chi connectivity index (χ2v) is 22.1. The molecule has 244 valence electrons. The van der Waals surface area contributed by atoms with Crippen LogP contribution in [0.25, 0.3) is 0 Å². The summed E-state index contributed by atoms with van der Waals surface area (Å²) in [6.07, 6.45) is 5.88. The molecule has 0 aromatic heterocycles. The normalized spacial score (nSPS) is 19.5. The molecule has 4 atom stereocenters. The zero-order valence-electron chi connectivity index (χ0n) is 28.9. The van der Waals surface area contributed by atoms with Gasteiger partial charge < -0.3 is 8.85 Å². The lowest BCUT2D eigenvalue weighted by atomic mass is 9.59. The Morgan fingerprint density at radius 3 is 1.13 bits per heavy atom. The van der Waals surface area contributed by atoms with Gasteiger partial charge in [-0.3, -0.25) is 0 Å². The van der Waals surface area contributed by atoms with Crippen LogP contribution in [0.15, 0.2) is 121 Å². The summed E-state index contributed by atoms with van der Waals surface area (Å²) in [5.41, 5.74) is -0.105. The van der Waals surface area contributed by atoms with E-state index < -0.39 is 18.1 Å². The number of hydrogen-bond donors (Lipinski definition) is 0. The zero-order valence-corrected chi connectivity index (χ0v) is 32.8. The van der Waals surface area contributed by atoms with E-state index in [9.17, 15) is 0 Å². The van der Waals surface area contributed by atoms with Crippen LogP contribution in [0.3, 0.4) is 0 Å². The third-order valence-electron chi connectivity index (χ3n) is 9.58. The van der Waals surface area contributed by atoms with E-state index in [0.29, 0.717) is 11.8 Å². The highest BCUT2D eigenvalue weighted by Gasteiger charge is 2.62. The molecule has 0 radical (unpaired) electrons. The van der Waals surface area contributed by atoms with Crippen molar-refractivity contribution in [3.63, 3.8) is 0 Å². The molecule has 1 fully saturated rings. The summed E-state index contributed by atoms with van der Waals surface area (Å²) in [6.45, 7) is 14.3. The van der Waals surface area contributed by atoms with Gasteiger partial charge in [0.1, 0.15) is 0 Å². The summed E-state index contributed by atoms with van der Waals surface area (Å²) in [6, 6.07) is 43.9. The van der Waals surface area contributed by atoms with E-state index in [1.165, 1.54) is 20.7 Å². The van der Waals surface area contributed by atoms with Crippen molar-refractivity contribution in [2.75, 3.05) is 12.5 Å². The van der Waals surface area contributed by atoms with E-state index in [0.717, 1.165) is 6.42 Å². The van der Waals surface area contributed by atoms with Crippen LogP contribution in [-0.2, 0) is 8.85 Å². The van der Waals surface area contributed by atoms with E-state index in [4.69, 9.17) is 8.85 Å². The van der Waals surface area contributed by atoms with Gasteiger partial charge >= 0.3 is 0 Å². The molecule has 0 spiro atoms. The second-order valence-electron chi connectivity index (χ2n) is 14.9. The molecule has 5 rings (SSSR count). The van der Waals surface area contributed by atoms with Crippen molar-refractivity contribution in [2.24, 2.45) is 22.7 Å². The largest absolute Gasteiger partial charge is 0.407 e. The Kier molecular flexibility index (Phi) is 11.5. The molecule has 0 aliphatic heterocycles. The van der Waals surface area contributed by atoms with Gasteiger partial charge in [0.25, 0.3) is 0 Å². The Morgan fingerprint density at radius 2 is 0.848 bits per heavy atom. The van der Waals surface area contributed by atoms with Crippen LogP contribution in [0, 0.1) is 22.7 Å². The van der Waals surface area contributed by atoms with Crippen LogP contribution >= 0.6 is 23.5 Å². The van der Waals surface area contributed by atoms with Gasteiger partial charge in [-0.1, -0.05) is 163 Å². The predicted molar refractivity (Wildman–Crippen MR) is 209 cm³/mol. The molecule has 46 heavy (non-hydrogen) atoms. The SMILES string of the molecule is CSC1(SC)C[C@@H](C(O[SiH](c2ccccc2)c2ccccc2)C(C)(C)C)[C@@H]1C(O[SiH](c1ccccc1)c1ccccc1)C(C)(C)C. The maximum atomic E-state index is 7.69.